The van der Waals surface area contributed by atoms with Crippen LogP contribution in [0.2, 0.25) is 0 Å². The number of pyridine rings is 1. The van der Waals surface area contributed by atoms with E-state index in [1.807, 2.05) is 4.90 Å². The zero-order chi connectivity index (χ0) is 21.6. The third-order valence-electron chi connectivity index (χ3n) is 4.61. The van der Waals surface area contributed by atoms with Gasteiger partial charge in [0.25, 0.3) is 0 Å². The van der Waals surface area contributed by atoms with Gasteiger partial charge in [0, 0.05) is 50.2 Å². The summed E-state index contributed by atoms with van der Waals surface area (Å²) in [6, 6.07) is 4.11. The van der Waals surface area contributed by atoms with E-state index in [0.717, 1.165) is 6.07 Å². The first-order valence-corrected chi connectivity index (χ1v) is 9.41. The Morgan fingerprint density at radius 1 is 1.17 bits per heavy atom. The van der Waals surface area contributed by atoms with Crippen molar-refractivity contribution in [3.63, 3.8) is 0 Å². The van der Waals surface area contributed by atoms with Crippen LogP contribution in [0.15, 0.2) is 30.6 Å². The molecule has 0 unspecified atom stereocenters. The summed E-state index contributed by atoms with van der Waals surface area (Å²) in [6.45, 7) is 2.47. The molecule has 0 spiro atoms. The number of hydrogen-bond acceptors (Lipinski definition) is 6. The molecule has 1 fully saturated rings. The molecule has 10 heteroatoms. The molecule has 158 valence electrons. The highest BCUT2D eigenvalue weighted by Gasteiger charge is 2.34. The predicted octanol–water partition coefficient (Wildman–Crippen LogP) is 1.82. The number of halogens is 3. The Labute approximate surface area is 172 Å². The van der Waals surface area contributed by atoms with Crippen molar-refractivity contribution in [2.75, 3.05) is 44.2 Å². The van der Waals surface area contributed by atoms with Crippen LogP contribution < -0.4 is 10.2 Å². The van der Waals surface area contributed by atoms with E-state index >= 15 is 0 Å². The zero-order valence-electron chi connectivity index (χ0n) is 16.2. The molecule has 0 radical (unpaired) electrons. The summed E-state index contributed by atoms with van der Waals surface area (Å²) in [5.41, 5.74) is -0.534. The van der Waals surface area contributed by atoms with Crippen LogP contribution >= 0.6 is 0 Å². The molecule has 3 heterocycles. The van der Waals surface area contributed by atoms with Gasteiger partial charge in [-0.2, -0.15) is 13.2 Å². The second-order valence-electron chi connectivity index (χ2n) is 6.77. The number of carbonyl (C=O) groups excluding carboxylic acids is 1. The molecule has 1 aliphatic rings. The molecule has 0 aromatic carbocycles. The normalized spacial score (nSPS) is 15.3. The van der Waals surface area contributed by atoms with Crippen LogP contribution in [0.1, 0.15) is 12.1 Å². The minimum Gasteiger partial charge on any atom is -0.355 e. The fourth-order valence-electron chi connectivity index (χ4n) is 3.14. The molecule has 3 rings (SSSR count). The van der Waals surface area contributed by atoms with E-state index < -0.39 is 11.9 Å². The quantitative estimate of drug-likeness (QED) is 0.747. The van der Waals surface area contributed by atoms with Crippen LogP contribution in [-0.2, 0) is 11.0 Å². The van der Waals surface area contributed by atoms with Crippen molar-refractivity contribution in [2.45, 2.75) is 12.6 Å². The lowest BCUT2D eigenvalue weighted by molar-refractivity contribution is -0.141. The fraction of sp³-hybridized carbons (Fsp3) is 0.400. The maximum absolute atomic E-state index is 13.4. The maximum atomic E-state index is 13.4. The standard InChI is InChI=1S/C20H21F3N6O/c1-2-6-25-18(30)14-28-9-3-10-29(12-11-28)17-13-16(20(21,22)23)26-19(27-17)15-4-7-24-8-5-15/h1,4-5,7-8,13H,3,6,9-12,14H2,(H,25,30). The van der Waals surface area contributed by atoms with Crippen LogP contribution in [0.3, 0.4) is 0 Å². The largest absolute Gasteiger partial charge is 0.433 e. The number of alkyl halides is 3. The van der Waals surface area contributed by atoms with Crippen molar-refractivity contribution < 1.29 is 18.0 Å². The van der Waals surface area contributed by atoms with Crippen LogP contribution in [-0.4, -0.2) is 65.0 Å². The summed E-state index contributed by atoms with van der Waals surface area (Å²) < 4.78 is 40.3. The highest BCUT2D eigenvalue weighted by Crippen LogP contribution is 2.31. The van der Waals surface area contributed by atoms with Crippen LogP contribution in [0.5, 0.6) is 0 Å². The van der Waals surface area contributed by atoms with E-state index in [2.05, 4.69) is 26.2 Å². The van der Waals surface area contributed by atoms with Gasteiger partial charge in [-0.15, -0.1) is 6.42 Å². The molecule has 2 aromatic heterocycles. The molecule has 0 atom stereocenters. The third-order valence-corrected chi connectivity index (χ3v) is 4.61. The van der Waals surface area contributed by atoms with E-state index in [-0.39, 0.29) is 30.6 Å². The van der Waals surface area contributed by atoms with Crippen molar-refractivity contribution in [1.82, 2.24) is 25.2 Å². The molecular weight excluding hydrogens is 397 g/mol. The van der Waals surface area contributed by atoms with Crippen molar-refractivity contribution >= 4 is 11.7 Å². The van der Waals surface area contributed by atoms with Gasteiger partial charge in [-0.1, -0.05) is 5.92 Å². The number of hydrogen-bond donors (Lipinski definition) is 1. The van der Waals surface area contributed by atoms with Gasteiger partial charge in [0.2, 0.25) is 5.91 Å². The summed E-state index contributed by atoms with van der Waals surface area (Å²) in [5, 5.41) is 2.61. The van der Waals surface area contributed by atoms with Crippen molar-refractivity contribution in [3.8, 4) is 23.7 Å². The Bertz CT molecular complexity index is 913. The smallest absolute Gasteiger partial charge is 0.355 e. The van der Waals surface area contributed by atoms with Crippen molar-refractivity contribution in [2.24, 2.45) is 0 Å². The Kier molecular flexibility index (Phi) is 6.84. The second kappa shape index (κ2) is 9.54. The molecular formula is C20H21F3N6O. The number of amides is 1. The summed E-state index contributed by atoms with van der Waals surface area (Å²) >= 11 is 0. The molecule has 2 aromatic rings. The highest BCUT2D eigenvalue weighted by molar-refractivity contribution is 5.78. The Morgan fingerprint density at radius 2 is 1.93 bits per heavy atom. The van der Waals surface area contributed by atoms with E-state index in [1.165, 1.54) is 12.4 Å². The summed E-state index contributed by atoms with van der Waals surface area (Å²) in [6.07, 6.45) is 4.18. The highest BCUT2D eigenvalue weighted by atomic mass is 19.4. The first-order valence-electron chi connectivity index (χ1n) is 9.41. The molecule has 0 aliphatic carbocycles. The van der Waals surface area contributed by atoms with E-state index in [9.17, 15) is 18.0 Å². The van der Waals surface area contributed by atoms with Crippen LogP contribution in [0.4, 0.5) is 19.0 Å². The summed E-state index contributed by atoms with van der Waals surface area (Å²) in [5.74, 6) is 2.37. The van der Waals surface area contributed by atoms with Gasteiger partial charge in [0.15, 0.2) is 11.5 Å². The van der Waals surface area contributed by atoms with E-state index in [0.29, 0.717) is 38.2 Å². The molecule has 0 bridgehead atoms. The van der Waals surface area contributed by atoms with Gasteiger partial charge in [0.1, 0.15) is 5.82 Å². The SMILES string of the molecule is C#CCNC(=O)CN1CCCN(c2cc(C(F)(F)F)nc(-c3ccncc3)n2)CC1. The Hall–Kier alpha value is -3.19. The zero-order valence-corrected chi connectivity index (χ0v) is 16.2. The van der Waals surface area contributed by atoms with Crippen LogP contribution in [0, 0.1) is 12.3 Å². The average Bonchev–Trinajstić information content (AvgIpc) is 2.97. The molecule has 1 N–H and O–H groups in total. The molecule has 0 saturated carbocycles. The predicted molar refractivity (Wildman–Crippen MR) is 105 cm³/mol. The lowest BCUT2D eigenvalue weighted by Crippen LogP contribution is -2.39. The van der Waals surface area contributed by atoms with E-state index in [1.54, 1.807) is 17.0 Å². The van der Waals surface area contributed by atoms with Gasteiger partial charge in [-0.25, -0.2) is 9.97 Å². The van der Waals surface area contributed by atoms with Gasteiger partial charge < -0.3 is 10.2 Å². The van der Waals surface area contributed by atoms with Crippen molar-refractivity contribution in [3.05, 3.63) is 36.3 Å². The van der Waals surface area contributed by atoms with E-state index in [4.69, 9.17) is 6.42 Å². The molecule has 7 nitrogen and oxygen atoms in total. The van der Waals surface area contributed by atoms with Gasteiger partial charge in [0.05, 0.1) is 13.1 Å². The molecule has 1 amide bonds. The number of carbonyl (C=O) groups is 1. The minimum absolute atomic E-state index is 0.00279. The lowest BCUT2D eigenvalue weighted by Gasteiger charge is -2.23. The topological polar surface area (TPSA) is 74.2 Å². The first kappa shape index (κ1) is 21.5. The Morgan fingerprint density at radius 3 is 2.63 bits per heavy atom. The minimum atomic E-state index is -4.59. The average molecular weight is 418 g/mol. The van der Waals surface area contributed by atoms with Gasteiger partial charge in [-0.05, 0) is 18.6 Å². The fourth-order valence-corrected chi connectivity index (χ4v) is 3.14. The van der Waals surface area contributed by atoms with Crippen LogP contribution in [0.25, 0.3) is 11.4 Å². The summed E-state index contributed by atoms with van der Waals surface area (Å²) in [7, 11) is 0. The number of aromatic nitrogens is 3. The monoisotopic (exact) mass is 418 g/mol. The van der Waals surface area contributed by atoms with Gasteiger partial charge >= 0.3 is 6.18 Å². The summed E-state index contributed by atoms with van der Waals surface area (Å²) in [4.78, 5) is 27.6. The number of nitrogens with one attached hydrogen (secondary N) is 1. The molecule has 1 saturated heterocycles. The Balaban J connectivity index is 1.79. The number of anilines is 1. The number of terminal acetylenes is 1. The first-order chi connectivity index (χ1) is 14.4. The van der Waals surface area contributed by atoms with Gasteiger partial charge in [-0.3, -0.25) is 14.7 Å². The van der Waals surface area contributed by atoms with Crippen molar-refractivity contribution in [1.29, 1.82) is 0 Å². The maximum Gasteiger partial charge on any atom is 0.433 e. The molecule has 30 heavy (non-hydrogen) atoms. The molecule has 1 aliphatic heterocycles. The lowest BCUT2D eigenvalue weighted by atomic mass is 10.2. The second-order valence-corrected chi connectivity index (χ2v) is 6.77. The number of rotatable bonds is 5. The third kappa shape index (κ3) is 5.67. The number of nitrogens with zero attached hydrogens (tertiary/aromatic N) is 5.